The molecule has 0 heterocycles. The van der Waals surface area contributed by atoms with Gasteiger partial charge in [0.25, 0.3) is 0 Å². The number of hydrogen-bond donors (Lipinski definition) is 2. The maximum Gasteiger partial charge on any atom is 0.236 e. The van der Waals surface area contributed by atoms with Crippen LogP contribution in [0.3, 0.4) is 0 Å². The molecular formula is C15H25ClN2O. The summed E-state index contributed by atoms with van der Waals surface area (Å²) < 4.78 is 0. The summed E-state index contributed by atoms with van der Waals surface area (Å²) in [6.45, 7) is 6.86. The van der Waals surface area contributed by atoms with Gasteiger partial charge in [0.2, 0.25) is 5.91 Å². The van der Waals surface area contributed by atoms with E-state index in [2.05, 4.69) is 37.4 Å². The predicted molar refractivity (Wildman–Crippen MR) is 82.8 cm³/mol. The molecule has 0 aliphatic heterocycles. The van der Waals surface area contributed by atoms with Crippen LogP contribution in [0.1, 0.15) is 36.5 Å². The first-order valence-electron chi connectivity index (χ1n) is 6.63. The minimum atomic E-state index is -0.366. The highest BCUT2D eigenvalue weighted by Gasteiger charge is 2.10. The zero-order valence-corrected chi connectivity index (χ0v) is 12.8. The average molecular weight is 285 g/mol. The van der Waals surface area contributed by atoms with E-state index < -0.39 is 0 Å². The van der Waals surface area contributed by atoms with Crippen molar-refractivity contribution in [1.29, 1.82) is 0 Å². The summed E-state index contributed by atoms with van der Waals surface area (Å²) in [5.41, 5.74) is 9.53. The number of halogens is 1. The highest BCUT2D eigenvalue weighted by Crippen LogP contribution is 2.09. The third-order valence-corrected chi connectivity index (χ3v) is 2.93. The monoisotopic (exact) mass is 284 g/mol. The molecule has 0 fully saturated rings. The largest absolute Gasteiger partial charge is 0.354 e. The second-order valence-corrected chi connectivity index (χ2v) is 4.93. The van der Waals surface area contributed by atoms with Crippen molar-refractivity contribution in [2.75, 3.05) is 6.54 Å². The number of aryl methyl sites for hydroxylation is 2. The first kappa shape index (κ1) is 17.9. The highest BCUT2D eigenvalue weighted by atomic mass is 35.5. The Kier molecular flexibility index (Phi) is 8.44. The topological polar surface area (TPSA) is 55.1 Å². The summed E-state index contributed by atoms with van der Waals surface area (Å²) in [5, 5.41) is 2.89. The fraction of sp³-hybridized carbons (Fsp3) is 0.533. The van der Waals surface area contributed by atoms with E-state index in [0.29, 0.717) is 6.54 Å². The van der Waals surface area contributed by atoms with Crippen LogP contribution in [-0.4, -0.2) is 18.5 Å². The van der Waals surface area contributed by atoms with E-state index in [1.807, 2.05) is 6.92 Å². The fourth-order valence-electron chi connectivity index (χ4n) is 2.12. The SMILES string of the molecule is CCCC(N)C(=O)NCCc1cc(C)cc(C)c1.Cl. The van der Waals surface area contributed by atoms with Crippen LogP contribution in [0.15, 0.2) is 18.2 Å². The maximum absolute atomic E-state index is 11.6. The van der Waals surface area contributed by atoms with E-state index in [0.717, 1.165) is 19.3 Å². The Bertz CT molecular complexity index is 387. The maximum atomic E-state index is 11.6. The molecule has 0 bridgehead atoms. The van der Waals surface area contributed by atoms with Gasteiger partial charge < -0.3 is 11.1 Å². The number of nitrogens with two attached hydrogens (primary N) is 1. The van der Waals surface area contributed by atoms with Crippen molar-refractivity contribution < 1.29 is 4.79 Å². The number of carbonyl (C=O) groups excluding carboxylic acids is 1. The molecule has 0 aromatic heterocycles. The molecular weight excluding hydrogens is 260 g/mol. The van der Waals surface area contributed by atoms with Gasteiger partial charge in [-0.1, -0.05) is 42.7 Å². The molecule has 108 valence electrons. The lowest BCUT2D eigenvalue weighted by Gasteiger charge is -2.11. The molecule has 0 radical (unpaired) electrons. The minimum absolute atomic E-state index is 0. The van der Waals surface area contributed by atoms with Gasteiger partial charge in [-0.3, -0.25) is 4.79 Å². The van der Waals surface area contributed by atoms with Gasteiger partial charge in [-0.2, -0.15) is 0 Å². The second-order valence-electron chi connectivity index (χ2n) is 4.93. The van der Waals surface area contributed by atoms with Crippen LogP contribution in [0.2, 0.25) is 0 Å². The number of nitrogens with one attached hydrogen (secondary N) is 1. The minimum Gasteiger partial charge on any atom is -0.354 e. The smallest absolute Gasteiger partial charge is 0.236 e. The van der Waals surface area contributed by atoms with E-state index in [1.165, 1.54) is 16.7 Å². The van der Waals surface area contributed by atoms with Crippen molar-refractivity contribution in [3.05, 3.63) is 34.9 Å². The Hall–Kier alpha value is -1.06. The molecule has 0 spiro atoms. The standard InChI is InChI=1S/C15H24N2O.ClH/c1-4-5-14(16)15(18)17-7-6-13-9-11(2)8-12(3)10-13;/h8-10,14H,4-7,16H2,1-3H3,(H,17,18);1H. The summed E-state index contributed by atoms with van der Waals surface area (Å²) in [4.78, 5) is 11.6. The molecule has 0 saturated carbocycles. The highest BCUT2D eigenvalue weighted by molar-refractivity contribution is 5.85. The Balaban J connectivity index is 0.00000324. The third-order valence-electron chi connectivity index (χ3n) is 2.93. The zero-order valence-electron chi connectivity index (χ0n) is 12.0. The summed E-state index contributed by atoms with van der Waals surface area (Å²) in [6, 6.07) is 6.10. The van der Waals surface area contributed by atoms with Crippen molar-refractivity contribution in [1.82, 2.24) is 5.32 Å². The number of amides is 1. The van der Waals surface area contributed by atoms with Gasteiger partial charge in [-0.05, 0) is 32.3 Å². The third kappa shape index (κ3) is 6.60. The molecule has 0 aliphatic carbocycles. The molecule has 4 heteroatoms. The van der Waals surface area contributed by atoms with Crippen LogP contribution in [0, 0.1) is 13.8 Å². The molecule has 19 heavy (non-hydrogen) atoms. The first-order valence-corrected chi connectivity index (χ1v) is 6.63. The van der Waals surface area contributed by atoms with E-state index in [1.54, 1.807) is 0 Å². The van der Waals surface area contributed by atoms with Crippen LogP contribution < -0.4 is 11.1 Å². The number of benzene rings is 1. The molecule has 1 unspecified atom stereocenters. The van der Waals surface area contributed by atoms with Crippen molar-refractivity contribution in [3.8, 4) is 0 Å². The van der Waals surface area contributed by atoms with Gasteiger partial charge in [0.15, 0.2) is 0 Å². The van der Waals surface area contributed by atoms with Crippen LogP contribution in [-0.2, 0) is 11.2 Å². The van der Waals surface area contributed by atoms with E-state index >= 15 is 0 Å². The second kappa shape index (κ2) is 8.94. The zero-order chi connectivity index (χ0) is 13.5. The van der Waals surface area contributed by atoms with Gasteiger partial charge in [-0.15, -0.1) is 12.4 Å². The Labute approximate surface area is 122 Å². The molecule has 0 aliphatic rings. The van der Waals surface area contributed by atoms with Gasteiger partial charge in [0, 0.05) is 6.54 Å². The lowest BCUT2D eigenvalue weighted by molar-refractivity contribution is -0.122. The fourth-order valence-corrected chi connectivity index (χ4v) is 2.12. The average Bonchev–Trinajstić information content (AvgIpc) is 2.27. The van der Waals surface area contributed by atoms with Crippen LogP contribution in [0.4, 0.5) is 0 Å². The van der Waals surface area contributed by atoms with Crippen molar-refractivity contribution in [3.63, 3.8) is 0 Å². The van der Waals surface area contributed by atoms with Gasteiger partial charge >= 0.3 is 0 Å². The number of rotatable bonds is 6. The summed E-state index contributed by atoms with van der Waals surface area (Å²) in [7, 11) is 0. The van der Waals surface area contributed by atoms with Gasteiger partial charge in [0.05, 0.1) is 6.04 Å². The normalized spacial score (nSPS) is 11.6. The molecule has 3 N–H and O–H groups in total. The lowest BCUT2D eigenvalue weighted by Crippen LogP contribution is -2.41. The van der Waals surface area contributed by atoms with Crippen LogP contribution >= 0.6 is 12.4 Å². The molecule has 0 saturated heterocycles. The van der Waals surface area contributed by atoms with Crippen LogP contribution in [0.5, 0.6) is 0 Å². The van der Waals surface area contributed by atoms with Crippen molar-refractivity contribution >= 4 is 18.3 Å². The predicted octanol–water partition coefficient (Wildman–Crippen LogP) is 2.51. The summed E-state index contributed by atoms with van der Waals surface area (Å²) in [5.74, 6) is -0.0405. The van der Waals surface area contributed by atoms with Gasteiger partial charge in [0.1, 0.15) is 0 Å². The Morgan fingerprint density at radius 3 is 2.37 bits per heavy atom. The Morgan fingerprint density at radius 1 is 1.26 bits per heavy atom. The molecule has 3 nitrogen and oxygen atoms in total. The Morgan fingerprint density at radius 2 is 1.84 bits per heavy atom. The molecule has 1 amide bonds. The van der Waals surface area contributed by atoms with E-state index in [9.17, 15) is 4.79 Å². The molecule has 1 rings (SSSR count). The van der Waals surface area contributed by atoms with Crippen LogP contribution in [0.25, 0.3) is 0 Å². The van der Waals surface area contributed by atoms with Crippen molar-refractivity contribution in [2.45, 2.75) is 46.1 Å². The van der Waals surface area contributed by atoms with Crippen molar-refractivity contribution in [2.24, 2.45) is 5.73 Å². The number of carbonyl (C=O) groups is 1. The molecule has 1 aromatic rings. The van der Waals surface area contributed by atoms with Gasteiger partial charge in [-0.25, -0.2) is 0 Å². The lowest BCUT2D eigenvalue weighted by atomic mass is 10.1. The summed E-state index contributed by atoms with van der Waals surface area (Å²) >= 11 is 0. The summed E-state index contributed by atoms with van der Waals surface area (Å²) in [6.07, 6.45) is 2.54. The molecule has 1 aromatic carbocycles. The first-order chi connectivity index (χ1) is 8.52. The number of hydrogen-bond acceptors (Lipinski definition) is 2. The molecule has 1 atom stereocenters. The van der Waals surface area contributed by atoms with E-state index in [-0.39, 0.29) is 24.4 Å². The van der Waals surface area contributed by atoms with E-state index in [4.69, 9.17) is 5.73 Å². The quantitative estimate of drug-likeness (QED) is 0.843.